The van der Waals surface area contributed by atoms with Gasteiger partial charge in [-0.2, -0.15) is 0 Å². The number of nitrogens with one attached hydrogen (secondary N) is 1. The fourth-order valence-electron chi connectivity index (χ4n) is 2.82. The minimum atomic E-state index is -0.0542. The van der Waals surface area contributed by atoms with Gasteiger partial charge >= 0.3 is 6.03 Å². The number of anilines is 1. The van der Waals surface area contributed by atoms with Gasteiger partial charge in [0.05, 0.1) is 0 Å². The van der Waals surface area contributed by atoms with Crippen molar-refractivity contribution in [1.82, 2.24) is 14.8 Å². The molecule has 0 spiro atoms. The average Bonchev–Trinajstić information content (AvgIpc) is 2.59. The van der Waals surface area contributed by atoms with Gasteiger partial charge in [0.2, 0.25) is 0 Å². The van der Waals surface area contributed by atoms with Gasteiger partial charge in [-0.3, -0.25) is 9.88 Å². The van der Waals surface area contributed by atoms with Crippen molar-refractivity contribution in [3.05, 3.63) is 58.9 Å². The smallest absolute Gasteiger partial charge is 0.321 e. The first kappa shape index (κ1) is 16.7. The van der Waals surface area contributed by atoms with Gasteiger partial charge < -0.3 is 10.2 Å². The normalized spacial score (nSPS) is 15.3. The van der Waals surface area contributed by atoms with Gasteiger partial charge in [0, 0.05) is 55.8 Å². The van der Waals surface area contributed by atoms with Gasteiger partial charge in [-0.05, 0) is 42.3 Å². The Bertz CT molecular complexity index is 699. The van der Waals surface area contributed by atoms with E-state index >= 15 is 0 Å². The number of halogens is 1. The lowest BCUT2D eigenvalue weighted by molar-refractivity contribution is 0.143. The van der Waals surface area contributed by atoms with Crippen LogP contribution in [0.1, 0.15) is 11.1 Å². The first-order chi connectivity index (χ1) is 11.6. The second kappa shape index (κ2) is 7.64. The molecule has 0 bridgehead atoms. The molecule has 1 aromatic heterocycles. The zero-order chi connectivity index (χ0) is 16.9. The van der Waals surface area contributed by atoms with Crippen molar-refractivity contribution in [1.29, 1.82) is 0 Å². The Kier molecular flexibility index (Phi) is 5.33. The van der Waals surface area contributed by atoms with Gasteiger partial charge in [0.15, 0.2) is 0 Å². The number of carbonyl (C=O) groups excluding carboxylic acids is 1. The second-order valence-electron chi connectivity index (χ2n) is 6.01. The molecule has 0 aliphatic carbocycles. The molecule has 0 saturated carbocycles. The summed E-state index contributed by atoms with van der Waals surface area (Å²) in [5.41, 5.74) is 2.97. The molecule has 2 aromatic rings. The fraction of sp³-hybridized carbons (Fsp3) is 0.333. The molecule has 24 heavy (non-hydrogen) atoms. The number of nitrogens with zero attached hydrogens (tertiary/aromatic N) is 3. The van der Waals surface area contributed by atoms with E-state index in [4.69, 9.17) is 11.6 Å². The van der Waals surface area contributed by atoms with Crippen LogP contribution in [-0.4, -0.2) is 47.0 Å². The van der Waals surface area contributed by atoms with E-state index in [1.165, 1.54) is 5.56 Å². The van der Waals surface area contributed by atoms with E-state index in [0.717, 1.165) is 44.0 Å². The highest BCUT2D eigenvalue weighted by Gasteiger charge is 2.21. The summed E-state index contributed by atoms with van der Waals surface area (Å²) in [4.78, 5) is 20.8. The molecule has 0 radical (unpaired) electrons. The predicted molar refractivity (Wildman–Crippen MR) is 96.3 cm³/mol. The number of hydrogen-bond acceptors (Lipinski definition) is 3. The van der Waals surface area contributed by atoms with E-state index in [-0.39, 0.29) is 6.03 Å². The molecule has 126 valence electrons. The Hall–Kier alpha value is -2.11. The average molecular weight is 345 g/mol. The molecule has 5 nitrogen and oxygen atoms in total. The summed E-state index contributed by atoms with van der Waals surface area (Å²) in [6.45, 7) is 5.98. The van der Waals surface area contributed by atoms with Crippen LogP contribution in [0, 0.1) is 6.92 Å². The quantitative estimate of drug-likeness (QED) is 0.928. The van der Waals surface area contributed by atoms with E-state index in [9.17, 15) is 4.79 Å². The first-order valence-corrected chi connectivity index (χ1v) is 8.43. The van der Waals surface area contributed by atoms with E-state index < -0.39 is 0 Å². The zero-order valence-electron chi connectivity index (χ0n) is 13.7. The van der Waals surface area contributed by atoms with Crippen LogP contribution in [0.3, 0.4) is 0 Å². The highest BCUT2D eigenvalue weighted by Crippen LogP contribution is 2.20. The fourth-order valence-corrected chi connectivity index (χ4v) is 3.05. The summed E-state index contributed by atoms with van der Waals surface area (Å²) in [6, 6.07) is 9.46. The number of amides is 2. The van der Waals surface area contributed by atoms with Crippen molar-refractivity contribution >= 4 is 23.3 Å². The van der Waals surface area contributed by atoms with Crippen LogP contribution >= 0.6 is 11.6 Å². The SMILES string of the molecule is Cc1cc(Cl)ccc1NC(=O)N1CCN(Cc2cccnc2)CC1. The molecule has 1 fully saturated rings. The lowest BCUT2D eigenvalue weighted by Crippen LogP contribution is -2.49. The molecular formula is C18H21ClN4O. The lowest BCUT2D eigenvalue weighted by atomic mass is 10.2. The van der Waals surface area contributed by atoms with Crippen LogP contribution in [-0.2, 0) is 6.54 Å². The third-order valence-corrected chi connectivity index (χ3v) is 4.45. The number of hydrogen-bond donors (Lipinski definition) is 1. The maximum Gasteiger partial charge on any atom is 0.321 e. The summed E-state index contributed by atoms with van der Waals surface area (Å²) in [7, 11) is 0. The topological polar surface area (TPSA) is 48.5 Å². The number of pyridine rings is 1. The monoisotopic (exact) mass is 344 g/mol. The number of rotatable bonds is 3. The molecule has 0 unspecified atom stereocenters. The third-order valence-electron chi connectivity index (χ3n) is 4.22. The molecule has 1 aromatic carbocycles. The van der Waals surface area contributed by atoms with E-state index in [0.29, 0.717) is 5.02 Å². The minimum absolute atomic E-state index is 0.0542. The van der Waals surface area contributed by atoms with Crippen LogP contribution in [0.5, 0.6) is 0 Å². The Labute approximate surface area is 147 Å². The predicted octanol–water partition coefficient (Wildman–Crippen LogP) is 3.39. The van der Waals surface area contributed by atoms with Crippen molar-refractivity contribution in [3.8, 4) is 0 Å². The summed E-state index contributed by atoms with van der Waals surface area (Å²) in [5.74, 6) is 0. The van der Waals surface area contributed by atoms with Crippen LogP contribution in [0.25, 0.3) is 0 Å². The van der Waals surface area contributed by atoms with Gasteiger partial charge in [0.1, 0.15) is 0 Å². The van der Waals surface area contributed by atoms with Crippen LogP contribution in [0.15, 0.2) is 42.7 Å². The highest BCUT2D eigenvalue weighted by molar-refractivity contribution is 6.30. The summed E-state index contributed by atoms with van der Waals surface area (Å²) < 4.78 is 0. The van der Waals surface area contributed by atoms with Crippen LogP contribution in [0.2, 0.25) is 5.02 Å². The maximum absolute atomic E-state index is 12.4. The van der Waals surface area contributed by atoms with Crippen molar-refractivity contribution in [2.75, 3.05) is 31.5 Å². The van der Waals surface area contributed by atoms with Crippen molar-refractivity contribution in [2.24, 2.45) is 0 Å². The molecule has 3 rings (SSSR count). The number of aromatic nitrogens is 1. The van der Waals surface area contributed by atoms with Gasteiger partial charge in [0.25, 0.3) is 0 Å². The Balaban J connectivity index is 1.51. The molecular weight excluding hydrogens is 324 g/mol. The molecule has 1 aliphatic heterocycles. The van der Waals surface area contributed by atoms with Gasteiger partial charge in [-0.1, -0.05) is 17.7 Å². The number of carbonyl (C=O) groups is 1. The molecule has 1 saturated heterocycles. The summed E-state index contributed by atoms with van der Waals surface area (Å²) in [5, 5.41) is 3.65. The maximum atomic E-state index is 12.4. The molecule has 0 atom stereocenters. The van der Waals surface area contributed by atoms with Gasteiger partial charge in [-0.25, -0.2) is 4.79 Å². The van der Waals surface area contributed by atoms with Crippen LogP contribution in [0.4, 0.5) is 10.5 Å². The van der Waals surface area contributed by atoms with Crippen molar-refractivity contribution < 1.29 is 4.79 Å². The molecule has 2 heterocycles. The lowest BCUT2D eigenvalue weighted by Gasteiger charge is -2.34. The largest absolute Gasteiger partial charge is 0.322 e. The zero-order valence-corrected chi connectivity index (χ0v) is 14.5. The Morgan fingerprint density at radius 1 is 1.25 bits per heavy atom. The minimum Gasteiger partial charge on any atom is -0.322 e. The van der Waals surface area contributed by atoms with E-state index in [1.807, 2.05) is 36.2 Å². The number of aryl methyl sites for hydroxylation is 1. The molecule has 6 heteroatoms. The Morgan fingerprint density at radius 3 is 2.71 bits per heavy atom. The molecule has 1 N–H and O–H groups in total. The van der Waals surface area contributed by atoms with E-state index in [2.05, 4.69) is 21.3 Å². The van der Waals surface area contributed by atoms with Crippen LogP contribution < -0.4 is 5.32 Å². The van der Waals surface area contributed by atoms with E-state index in [1.54, 1.807) is 12.3 Å². The number of urea groups is 1. The highest BCUT2D eigenvalue weighted by atomic mass is 35.5. The molecule has 2 amide bonds. The Morgan fingerprint density at radius 2 is 2.04 bits per heavy atom. The number of piperazine rings is 1. The van der Waals surface area contributed by atoms with Crippen molar-refractivity contribution in [3.63, 3.8) is 0 Å². The first-order valence-electron chi connectivity index (χ1n) is 8.05. The summed E-state index contributed by atoms with van der Waals surface area (Å²) >= 11 is 5.95. The number of benzene rings is 1. The van der Waals surface area contributed by atoms with Crippen molar-refractivity contribution in [2.45, 2.75) is 13.5 Å². The molecule has 1 aliphatic rings. The standard InChI is InChI=1S/C18H21ClN4O/c1-14-11-16(19)4-5-17(14)21-18(24)23-9-7-22(8-10-23)13-15-3-2-6-20-12-15/h2-6,11-12H,7-10,13H2,1H3,(H,21,24). The second-order valence-corrected chi connectivity index (χ2v) is 6.45. The van der Waals surface area contributed by atoms with Gasteiger partial charge in [-0.15, -0.1) is 0 Å². The third kappa shape index (κ3) is 4.24. The summed E-state index contributed by atoms with van der Waals surface area (Å²) in [6.07, 6.45) is 3.67.